The molecule has 6 rings (SSSR count). The molecule has 0 radical (unpaired) electrons. The van der Waals surface area contributed by atoms with Gasteiger partial charge in [-0.25, -0.2) is 4.98 Å². The van der Waals surface area contributed by atoms with Gasteiger partial charge in [0.1, 0.15) is 0 Å². The second-order valence-corrected chi connectivity index (χ2v) is 7.93. The zero-order chi connectivity index (χ0) is 20.1. The van der Waals surface area contributed by atoms with E-state index in [-0.39, 0.29) is 17.7 Å². The quantitative estimate of drug-likeness (QED) is 0.530. The molecule has 3 heterocycles. The number of ketones is 1. The molecule has 0 saturated carbocycles. The number of fused-ring (bicyclic) bond motifs is 3. The predicted molar refractivity (Wildman–Crippen MR) is 116 cm³/mol. The van der Waals surface area contributed by atoms with Gasteiger partial charge in [0.05, 0.1) is 17.1 Å². The van der Waals surface area contributed by atoms with E-state index in [0.717, 1.165) is 40.2 Å². The van der Waals surface area contributed by atoms with Gasteiger partial charge in [0.25, 0.3) is 0 Å². The van der Waals surface area contributed by atoms with Gasteiger partial charge in [-0.05, 0) is 47.7 Å². The maximum Gasteiger partial charge on any atom is 0.209 e. The van der Waals surface area contributed by atoms with E-state index in [1.807, 2.05) is 48.5 Å². The van der Waals surface area contributed by atoms with Crippen molar-refractivity contribution in [2.24, 2.45) is 0 Å². The Bertz CT molecular complexity index is 1290. The maximum atomic E-state index is 13.5. The Kier molecular flexibility index (Phi) is 3.81. The first-order valence-corrected chi connectivity index (χ1v) is 10.2. The standard InChI is InChI=1S/C25H20N4O/c30-22-15-18(16-6-2-1-3-7-16)14-20-23(22)24(17-10-12-26-13-11-17)29-21-9-5-4-8-19(21)27-25(29)28-20/h1-13,18,24H,14-15H2,(H,27,28)/t18-,24-/m1/s1. The Morgan fingerprint density at radius 3 is 2.47 bits per heavy atom. The largest absolute Gasteiger partial charge is 0.329 e. The Hall–Kier alpha value is -3.73. The number of aromatic nitrogens is 3. The summed E-state index contributed by atoms with van der Waals surface area (Å²) in [5, 5.41) is 3.51. The normalized spacial score (nSPS) is 20.6. The molecule has 0 saturated heterocycles. The fraction of sp³-hybridized carbons (Fsp3) is 0.160. The summed E-state index contributed by atoms with van der Waals surface area (Å²) < 4.78 is 2.16. The average molecular weight is 392 g/mol. The van der Waals surface area contributed by atoms with Crippen LogP contribution in [0.25, 0.3) is 11.0 Å². The molecule has 30 heavy (non-hydrogen) atoms. The molecule has 2 aromatic carbocycles. The van der Waals surface area contributed by atoms with E-state index in [4.69, 9.17) is 4.98 Å². The van der Waals surface area contributed by atoms with E-state index in [1.54, 1.807) is 12.4 Å². The van der Waals surface area contributed by atoms with Crippen LogP contribution >= 0.6 is 0 Å². The number of anilines is 1. The topological polar surface area (TPSA) is 59.8 Å². The SMILES string of the molecule is O=C1C[C@H](c2ccccc2)CC2=C1[C@@H](c1ccncc1)n1c(nc3ccccc31)N2. The number of nitrogens with one attached hydrogen (secondary N) is 1. The molecular formula is C25H20N4O. The van der Waals surface area contributed by atoms with Gasteiger partial charge in [0.2, 0.25) is 5.95 Å². The van der Waals surface area contributed by atoms with Gasteiger partial charge in [0, 0.05) is 30.1 Å². The van der Waals surface area contributed by atoms with Crippen LogP contribution in [0.3, 0.4) is 0 Å². The molecule has 146 valence electrons. The molecule has 1 aliphatic heterocycles. The minimum absolute atomic E-state index is 0.180. The number of nitrogens with zero attached hydrogens (tertiary/aromatic N) is 3. The predicted octanol–water partition coefficient (Wildman–Crippen LogP) is 4.85. The van der Waals surface area contributed by atoms with Gasteiger partial charge in [-0.1, -0.05) is 42.5 Å². The van der Waals surface area contributed by atoms with Crippen molar-refractivity contribution in [1.82, 2.24) is 14.5 Å². The molecule has 0 amide bonds. The molecule has 0 spiro atoms. The highest BCUT2D eigenvalue weighted by Crippen LogP contribution is 2.45. The van der Waals surface area contributed by atoms with E-state index < -0.39 is 0 Å². The molecule has 5 heteroatoms. The van der Waals surface area contributed by atoms with Crippen molar-refractivity contribution < 1.29 is 4.79 Å². The highest BCUT2D eigenvalue weighted by Gasteiger charge is 2.39. The molecule has 0 unspecified atom stereocenters. The first-order chi connectivity index (χ1) is 14.8. The molecule has 0 fully saturated rings. The van der Waals surface area contributed by atoms with Crippen LogP contribution in [-0.4, -0.2) is 20.3 Å². The summed E-state index contributed by atoms with van der Waals surface area (Å²) in [5.74, 6) is 1.17. The van der Waals surface area contributed by atoms with Crippen LogP contribution in [0.1, 0.15) is 35.9 Å². The van der Waals surface area contributed by atoms with Crippen molar-refractivity contribution >= 4 is 22.8 Å². The smallest absolute Gasteiger partial charge is 0.209 e. The number of benzene rings is 2. The highest BCUT2D eigenvalue weighted by molar-refractivity contribution is 6.01. The molecular weight excluding hydrogens is 372 g/mol. The van der Waals surface area contributed by atoms with Crippen molar-refractivity contribution in [1.29, 1.82) is 0 Å². The molecule has 2 aromatic heterocycles. The summed E-state index contributed by atoms with van der Waals surface area (Å²) in [6.45, 7) is 0. The monoisotopic (exact) mass is 392 g/mol. The Labute approximate surface area is 174 Å². The molecule has 5 nitrogen and oxygen atoms in total. The number of imidazole rings is 1. The molecule has 1 aliphatic carbocycles. The van der Waals surface area contributed by atoms with Crippen molar-refractivity contribution in [2.45, 2.75) is 24.8 Å². The summed E-state index contributed by atoms with van der Waals surface area (Å²) in [6, 6.07) is 22.2. The summed E-state index contributed by atoms with van der Waals surface area (Å²) >= 11 is 0. The van der Waals surface area contributed by atoms with Gasteiger partial charge >= 0.3 is 0 Å². The zero-order valence-corrected chi connectivity index (χ0v) is 16.3. The lowest BCUT2D eigenvalue weighted by atomic mass is 9.78. The van der Waals surface area contributed by atoms with Crippen LogP contribution in [0, 0.1) is 0 Å². The number of carbonyl (C=O) groups is 1. The lowest BCUT2D eigenvalue weighted by Gasteiger charge is -2.36. The van der Waals surface area contributed by atoms with E-state index >= 15 is 0 Å². The number of Topliss-reactive ketones (excluding diaryl/α,β-unsaturated/α-hetero) is 1. The first kappa shape index (κ1) is 17.2. The summed E-state index contributed by atoms with van der Waals surface area (Å²) in [5.41, 5.74) is 6.04. The van der Waals surface area contributed by atoms with Crippen molar-refractivity contribution in [3.63, 3.8) is 0 Å². The van der Waals surface area contributed by atoms with Gasteiger partial charge in [-0.3, -0.25) is 14.3 Å². The third-order valence-electron chi connectivity index (χ3n) is 6.19. The van der Waals surface area contributed by atoms with Crippen molar-refractivity contribution in [2.75, 3.05) is 5.32 Å². The number of rotatable bonds is 2. The maximum absolute atomic E-state index is 13.5. The summed E-state index contributed by atoms with van der Waals surface area (Å²) in [6.07, 6.45) is 4.90. The van der Waals surface area contributed by atoms with Crippen LogP contribution in [0.2, 0.25) is 0 Å². The summed E-state index contributed by atoms with van der Waals surface area (Å²) in [7, 11) is 0. The second kappa shape index (κ2) is 6.66. The minimum atomic E-state index is -0.198. The van der Waals surface area contributed by atoms with E-state index in [0.29, 0.717) is 6.42 Å². The van der Waals surface area contributed by atoms with E-state index in [2.05, 4.69) is 33.1 Å². The Morgan fingerprint density at radius 1 is 0.867 bits per heavy atom. The number of pyridine rings is 1. The van der Waals surface area contributed by atoms with E-state index in [9.17, 15) is 4.79 Å². The fourth-order valence-electron chi connectivity index (χ4n) is 4.85. The number of hydrogen-bond donors (Lipinski definition) is 1. The first-order valence-electron chi connectivity index (χ1n) is 10.2. The number of carbonyl (C=O) groups excluding carboxylic acids is 1. The number of allylic oxidation sites excluding steroid dienone is 2. The highest BCUT2D eigenvalue weighted by atomic mass is 16.1. The third kappa shape index (κ3) is 2.59. The van der Waals surface area contributed by atoms with Gasteiger partial charge in [0.15, 0.2) is 5.78 Å². The van der Waals surface area contributed by atoms with Crippen LogP contribution in [0.15, 0.2) is 90.4 Å². The van der Waals surface area contributed by atoms with Gasteiger partial charge < -0.3 is 5.32 Å². The summed E-state index contributed by atoms with van der Waals surface area (Å²) in [4.78, 5) is 22.5. The van der Waals surface area contributed by atoms with Gasteiger partial charge in [-0.15, -0.1) is 0 Å². The minimum Gasteiger partial charge on any atom is -0.329 e. The van der Waals surface area contributed by atoms with E-state index in [1.165, 1.54) is 5.56 Å². The molecule has 0 bridgehead atoms. The van der Waals surface area contributed by atoms with Crippen molar-refractivity contribution in [3.05, 3.63) is 102 Å². The molecule has 4 aromatic rings. The zero-order valence-electron chi connectivity index (χ0n) is 16.3. The van der Waals surface area contributed by atoms with Crippen molar-refractivity contribution in [3.8, 4) is 0 Å². The van der Waals surface area contributed by atoms with Crippen LogP contribution in [-0.2, 0) is 4.79 Å². The Balaban J connectivity index is 1.54. The lowest BCUT2D eigenvalue weighted by molar-refractivity contribution is -0.116. The van der Waals surface area contributed by atoms with Gasteiger partial charge in [-0.2, -0.15) is 0 Å². The second-order valence-electron chi connectivity index (χ2n) is 7.93. The third-order valence-corrected chi connectivity index (χ3v) is 6.19. The van der Waals surface area contributed by atoms with Crippen LogP contribution in [0.5, 0.6) is 0 Å². The fourth-order valence-corrected chi connectivity index (χ4v) is 4.85. The molecule has 2 aliphatic rings. The molecule has 2 atom stereocenters. The average Bonchev–Trinajstić information content (AvgIpc) is 3.17. The van der Waals surface area contributed by atoms with Crippen LogP contribution in [0.4, 0.5) is 5.95 Å². The Morgan fingerprint density at radius 2 is 1.63 bits per heavy atom. The number of para-hydroxylation sites is 2. The number of hydrogen-bond acceptors (Lipinski definition) is 4. The van der Waals surface area contributed by atoms with Crippen LogP contribution < -0.4 is 5.32 Å². The molecule has 1 N–H and O–H groups in total. The lowest BCUT2D eigenvalue weighted by Crippen LogP contribution is -2.33.